The number of ether oxygens (including phenoxy) is 2. The zero-order chi connectivity index (χ0) is 19.6. The lowest BCUT2D eigenvalue weighted by atomic mass is 10.1. The Hall–Kier alpha value is -1.55. The summed E-state index contributed by atoms with van der Waals surface area (Å²) in [4.78, 5) is 18.1. The van der Waals surface area contributed by atoms with Crippen LogP contribution in [0.4, 0.5) is 10.5 Å². The minimum Gasteiger partial charge on any atom is -0.444 e. The van der Waals surface area contributed by atoms with Gasteiger partial charge >= 0.3 is 6.09 Å². The predicted molar refractivity (Wildman–Crippen MR) is 121 cm³/mol. The standard InChI is InChI=1S/C19H32N4O3.HI/c1-6-15-8-7-9-16(14-15)22-17(20)21-10-11-23(12-13-25-5)18(24)26-19(2,3)4;/h7-9,14H,6,10-13H2,1-5H3,(H3,20,21,22);1H. The number of rotatable bonds is 8. The number of anilines is 1. The Kier molecular flexibility index (Phi) is 12.0. The highest BCUT2D eigenvalue weighted by Gasteiger charge is 2.21. The van der Waals surface area contributed by atoms with E-state index in [1.54, 1.807) is 12.0 Å². The van der Waals surface area contributed by atoms with Crippen LogP contribution < -0.4 is 11.1 Å². The molecule has 3 N–H and O–H groups in total. The van der Waals surface area contributed by atoms with Gasteiger partial charge in [-0.1, -0.05) is 19.1 Å². The minimum absolute atomic E-state index is 0. The lowest BCUT2D eigenvalue weighted by Crippen LogP contribution is -2.40. The molecule has 1 aromatic carbocycles. The topological polar surface area (TPSA) is 89.2 Å². The number of guanidine groups is 1. The Bertz CT molecular complexity index is 603. The van der Waals surface area contributed by atoms with Crippen LogP contribution in [-0.2, 0) is 15.9 Å². The Morgan fingerprint density at radius 1 is 1.30 bits per heavy atom. The van der Waals surface area contributed by atoms with E-state index in [9.17, 15) is 4.79 Å². The number of nitrogens with zero attached hydrogens (tertiary/aromatic N) is 2. The Balaban J connectivity index is 0.00000676. The monoisotopic (exact) mass is 492 g/mol. The summed E-state index contributed by atoms with van der Waals surface area (Å²) in [6.07, 6.45) is 0.573. The maximum Gasteiger partial charge on any atom is 0.410 e. The van der Waals surface area contributed by atoms with Crippen LogP contribution in [0.2, 0.25) is 0 Å². The lowest BCUT2D eigenvalue weighted by Gasteiger charge is -2.26. The van der Waals surface area contributed by atoms with Crippen LogP contribution in [0.15, 0.2) is 29.3 Å². The number of benzene rings is 1. The van der Waals surface area contributed by atoms with E-state index in [-0.39, 0.29) is 30.1 Å². The first-order valence-electron chi connectivity index (χ1n) is 8.88. The van der Waals surface area contributed by atoms with Gasteiger partial charge in [-0.3, -0.25) is 4.99 Å². The smallest absolute Gasteiger partial charge is 0.410 e. The summed E-state index contributed by atoms with van der Waals surface area (Å²) >= 11 is 0. The van der Waals surface area contributed by atoms with Gasteiger partial charge in [0, 0.05) is 25.9 Å². The molecule has 0 unspecified atom stereocenters. The van der Waals surface area contributed by atoms with Gasteiger partial charge in [-0.05, 0) is 44.9 Å². The lowest BCUT2D eigenvalue weighted by molar-refractivity contribution is 0.0208. The zero-order valence-corrected chi connectivity index (χ0v) is 19.3. The first kappa shape index (κ1) is 25.4. The second-order valence-electron chi connectivity index (χ2n) is 6.91. The summed E-state index contributed by atoms with van der Waals surface area (Å²) in [6, 6.07) is 8.01. The van der Waals surface area contributed by atoms with E-state index in [4.69, 9.17) is 15.2 Å². The molecule has 0 heterocycles. The van der Waals surface area contributed by atoms with Crippen molar-refractivity contribution in [1.29, 1.82) is 0 Å². The molecule has 0 saturated carbocycles. The molecule has 0 saturated heterocycles. The number of carbonyl (C=O) groups is 1. The molecule has 8 heteroatoms. The maximum absolute atomic E-state index is 12.3. The number of hydrogen-bond donors (Lipinski definition) is 2. The van der Waals surface area contributed by atoms with Gasteiger partial charge in [-0.25, -0.2) is 4.79 Å². The van der Waals surface area contributed by atoms with E-state index in [1.165, 1.54) is 5.56 Å². The summed E-state index contributed by atoms with van der Waals surface area (Å²) in [5.74, 6) is 0.314. The fourth-order valence-corrected chi connectivity index (χ4v) is 2.17. The molecular formula is C19H33IN4O3. The summed E-state index contributed by atoms with van der Waals surface area (Å²) in [5, 5.41) is 3.07. The SMILES string of the molecule is CCc1cccc(NC(N)=NCCN(CCOC)C(=O)OC(C)(C)C)c1.I. The van der Waals surface area contributed by atoms with Crippen LogP contribution >= 0.6 is 24.0 Å². The van der Waals surface area contributed by atoms with Gasteiger partial charge in [0.2, 0.25) is 0 Å². The predicted octanol–water partition coefficient (Wildman–Crippen LogP) is 3.48. The van der Waals surface area contributed by atoms with E-state index in [2.05, 4.69) is 23.3 Å². The molecule has 0 fully saturated rings. The van der Waals surface area contributed by atoms with Crippen molar-refractivity contribution >= 4 is 41.7 Å². The highest BCUT2D eigenvalue weighted by Crippen LogP contribution is 2.11. The van der Waals surface area contributed by atoms with Crippen molar-refractivity contribution in [2.45, 2.75) is 39.7 Å². The van der Waals surface area contributed by atoms with Crippen molar-refractivity contribution in [2.75, 3.05) is 38.7 Å². The highest BCUT2D eigenvalue weighted by atomic mass is 127. The first-order chi connectivity index (χ1) is 12.2. The average molecular weight is 492 g/mol. The van der Waals surface area contributed by atoms with Crippen LogP contribution in [0.1, 0.15) is 33.3 Å². The molecule has 0 atom stereocenters. The number of aliphatic imine (C=N–C) groups is 1. The Morgan fingerprint density at radius 3 is 2.59 bits per heavy atom. The van der Waals surface area contributed by atoms with Crippen LogP contribution in [0.5, 0.6) is 0 Å². The summed E-state index contributed by atoms with van der Waals surface area (Å²) < 4.78 is 10.5. The van der Waals surface area contributed by atoms with Gasteiger partial charge in [-0.2, -0.15) is 0 Å². The largest absolute Gasteiger partial charge is 0.444 e. The molecule has 1 amide bonds. The van der Waals surface area contributed by atoms with Gasteiger partial charge in [-0.15, -0.1) is 24.0 Å². The molecular weight excluding hydrogens is 459 g/mol. The first-order valence-corrected chi connectivity index (χ1v) is 8.88. The van der Waals surface area contributed by atoms with Crippen molar-refractivity contribution in [3.8, 4) is 0 Å². The zero-order valence-electron chi connectivity index (χ0n) is 16.9. The third-order valence-corrected chi connectivity index (χ3v) is 3.48. The number of nitrogens with one attached hydrogen (secondary N) is 1. The minimum atomic E-state index is -0.545. The molecule has 0 aromatic heterocycles. The third kappa shape index (κ3) is 11.0. The third-order valence-electron chi connectivity index (χ3n) is 3.48. The number of methoxy groups -OCH3 is 1. The molecule has 0 spiro atoms. The van der Waals surface area contributed by atoms with E-state index < -0.39 is 5.60 Å². The second kappa shape index (κ2) is 12.8. The van der Waals surface area contributed by atoms with E-state index in [1.807, 2.05) is 39.0 Å². The maximum atomic E-state index is 12.3. The molecule has 7 nitrogen and oxygen atoms in total. The van der Waals surface area contributed by atoms with E-state index >= 15 is 0 Å². The molecule has 0 aliphatic carbocycles. The van der Waals surface area contributed by atoms with Gasteiger partial charge in [0.1, 0.15) is 5.60 Å². The molecule has 0 bridgehead atoms. The normalized spacial score (nSPS) is 11.5. The van der Waals surface area contributed by atoms with Crippen molar-refractivity contribution < 1.29 is 14.3 Å². The quantitative estimate of drug-likeness (QED) is 0.330. The Morgan fingerprint density at radius 2 is 2.00 bits per heavy atom. The van der Waals surface area contributed by atoms with Crippen molar-refractivity contribution in [2.24, 2.45) is 10.7 Å². The molecule has 0 aliphatic rings. The van der Waals surface area contributed by atoms with E-state index in [0.29, 0.717) is 32.2 Å². The second-order valence-corrected chi connectivity index (χ2v) is 6.91. The van der Waals surface area contributed by atoms with Crippen molar-refractivity contribution in [1.82, 2.24) is 4.90 Å². The summed E-state index contributed by atoms with van der Waals surface area (Å²) in [5.41, 5.74) is 7.51. The van der Waals surface area contributed by atoms with Gasteiger partial charge in [0.25, 0.3) is 0 Å². The summed E-state index contributed by atoms with van der Waals surface area (Å²) in [6.45, 7) is 9.25. The number of carbonyl (C=O) groups excluding carboxylic acids is 1. The highest BCUT2D eigenvalue weighted by molar-refractivity contribution is 14.0. The van der Waals surface area contributed by atoms with Crippen LogP contribution in [0, 0.1) is 0 Å². The Labute approximate surface area is 179 Å². The molecule has 1 rings (SSSR count). The number of hydrogen-bond acceptors (Lipinski definition) is 4. The van der Waals surface area contributed by atoms with Gasteiger partial charge in [0.15, 0.2) is 5.96 Å². The number of amides is 1. The van der Waals surface area contributed by atoms with Crippen LogP contribution in [-0.4, -0.2) is 55.9 Å². The van der Waals surface area contributed by atoms with Crippen LogP contribution in [0.25, 0.3) is 0 Å². The van der Waals surface area contributed by atoms with Crippen molar-refractivity contribution in [3.63, 3.8) is 0 Å². The molecule has 0 radical (unpaired) electrons. The molecule has 0 aliphatic heterocycles. The fourth-order valence-electron chi connectivity index (χ4n) is 2.17. The molecule has 154 valence electrons. The van der Waals surface area contributed by atoms with Gasteiger partial charge < -0.3 is 25.4 Å². The van der Waals surface area contributed by atoms with Gasteiger partial charge in [0.05, 0.1) is 13.2 Å². The number of nitrogens with two attached hydrogens (primary N) is 1. The number of halogens is 1. The molecule has 1 aromatic rings. The average Bonchev–Trinajstić information content (AvgIpc) is 2.56. The fraction of sp³-hybridized carbons (Fsp3) is 0.579. The van der Waals surface area contributed by atoms with Crippen LogP contribution in [0.3, 0.4) is 0 Å². The van der Waals surface area contributed by atoms with E-state index in [0.717, 1.165) is 12.1 Å². The molecule has 27 heavy (non-hydrogen) atoms. The number of aryl methyl sites for hydroxylation is 1. The summed E-state index contributed by atoms with van der Waals surface area (Å²) in [7, 11) is 1.59. The van der Waals surface area contributed by atoms with Crippen molar-refractivity contribution in [3.05, 3.63) is 29.8 Å².